The normalized spacial score (nSPS) is 26.6. The van der Waals surface area contributed by atoms with Gasteiger partial charge in [0.1, 0.15) is 17.9 Å². The highest BCUT2D eigenvalue weighted by atomic mass is 19.1. The summed E-state index contributed by atoms with van der Waals surface area (Å²) < 4.78 is 20.5. The standard InChI is InChI=1S/C33H44FN7O3/c1-22(2)41(25-4-5-25)31(43)26-17-24(34)3-6-27(26)44-30-29(35-21-36-38-30)40-19-32(20-40)13-15-39(16-14-32)18-23-7-10-33(11-8-23)12-9-28(42)37-33/h3,6,17,21-23,25H,4-5,7-16,18-20H2,1-2H3,(H,37,42). The van der Waals surface area contributed by atoms with Gasteiger partial charge in [-0.05, 0) is 109 Å². The Bertz CT molecular complexity index is 1390. The molecule has 44 heavy (non-hydrogen) atoms. The van der Waals surface area contributed by atoms with E-state index in [2.05, 4.69) is 30.3 Å². The molecular weight excluding hydrogens is 561 g/mol. The Kier molecular flexibility index (Phi) is 7.71. The van der Waals surface area contributed by atoms with E-state index in [0.717, 1.165) is 83.6 Å². The van der Waals surface area contributed by atoms with Crippen molar-refractivity contribution in [3.8, 4) is 11.6 Å². The van der Waals surface area contributed by atoms with Crippen LogP contribution in [-0.2, 0) is 4.79 Å². The Morgan fingerprint density at radius 2 is 1.86 bits per heavy atom. The third-order valence-electron chi connectivity index (χ3n) is 10.8. The summed E-state index contributed by atoms with van der Waals surface area (Å²) >= 11 is 0. The van der Waals surface area contributed by atoms with Crippen molar-refractivity contribution in [1.82, 2.24) is 30.3 Å². The van der Waals surface area contributed by atoms with E-state index < -0.39 is 5.82 Å². The van der Waals surface area contributed by atoms with E-state index in [-0.39, 0.29) is 52.0 Å². The van der Waals surface area contributed by atoms with Crippen LogP contribution in [-0.4, -0.2) is 87.1 Å². The van der Waals surface area contributed by atoms with Crippen LogP contribution in [0.3, 0.4) is 0 Å². The minimum atomic E-state index is -0.483. The summed E-state index contributed by atoms with van der Waals surface area (Å²) in [5, 5.41) is 11.5. The van der Waals surface area contributed by atoms with Crippen LogP contribution in [0.2, 0.25) is 0 Å². The van der Waals surface area contributed by atoms with Crippen molar-refractivity contribution in [3.05, 3.63) is 35.9 Å². The van der Waals surface area contributed by atoms with Gasteiger partial charge in [-0.15, -0.1) is 10.2 Å². The van der Waals surface area contributed by atoms with Gasteiger partial charge < -0.3 is 24.8 Å². The number of anilines is 1. The second kappa shape index (κ2) is 11.5. The van der Waals surface area contributed by atoms with Crippen LogP contribution >= 0.6 is 0 Å². The Labute approximate surface area is 258 Å². The van der Waals surface area contributed by atoms with Crippen LogP contribution in [0.4, 0.5) is 10.2 Å². The molecule has 2 spiro atoms. The molecule has 10 nitrogen and oxygen atoms in total. The zero-order valence-corrected chi connectivity index (χ0v) is 25.9. The van der Waals surface area contributed by atoms with Gasteiger partial charge in [0.15, 0.2) is 5.82 Å². The van der Waals surface area contributed by atoms with Crippen molar-refractivity contribution < 1.29 is 18.7 Å². The molecule has 5 aliphatic rings. The minimum Gasteiger partial charge on any atom is -0.434 e. The second-order valence-electron chi connectivity index (χ2n) is 14.3. The van der Waals surface area contributed by atoms with Gasteiger partial charge in [-0.3, -0.25) is 9.59 Å². The van der Waals surface area contributed by atoms with Gasteiger partial charge in [0.2, 0.25) is 5.91 Å². The van der Waals surface area contributed by atoms with Gasteiger partial charge in [-0.1, -0.05) is 0 Å². The molecule has 0 bridgehead atoms. The van der Waals surface area contributed by atoms with E-state index in [9.17, 15) is 14.0 Å². The summed E-state index contributed by atoms with van der Waals surface area (Å²) in [7, 11) is 0. The van der Waals surface area contributed by atoms with Gasteiger partial charge >= 0.3 is 0 Å². The molecule has 3 saturated heterocycles. The van der Waals surface area contributed by atoms with Crippen LogP contribution in [0, 0.1) is 17.2 Å². The molecule has 2 aromatic rings. The number of ether oxygens (including phenoxy) is 1. The lowest BCUT2D eigenvalue weighted by molar-refractivity contribution is -0.120. The van der Waals surface area contributed by atoms with E-state index in [0.29, 0.717) is 12.2 Å². The number of nitrogens with one attached hydrogen (secondary N) is 1. The number of aromatic nitrogens is 3. The number of benzene rings is 1. The number of nitrogens with zero attached hydrogens (tertiary/aromatic N) is 6. The van der Waals surface area contributed by atoms with Crippen molar-refractivity contribution in [1.29, 1.82) is 0 Å². The van der Waals surface area contributed by atoms with Crippen molar-refractivity contribution in [2.75, 3.05) is 37.6 Å². The Hall–Kier alpha value is -3.34. The number of carbonyl (C=O) groups is 2. The predicted molar refractivity (Wildman–Crippen MR) is 163 cm³/mol. The summed E-state index contributed by atoms with van der Waals surface area (Å²) in [4.78, 5) is 36.5. The maximum atomic E-state index is 14.3. The highest BCUT2D eigenvalue weighted by Crippen LogP contribution is 2.45. The first-order valence-electron chi connectivity index (χ1n) is 16.5. The molecule has 11 heteroatoms. The molecule has 4 heterocycles. The van der Waals surface area contributed by atoms with E-state index in [1.807, 2.05) is 18.7 Å². The quantitative estimate of drug-likeness (QED) is 0.467. The molecule has 1 aromatic carbocycles. The first-order chi connectivity index (χ1) is 21.2. The second-order valence-corrected chi connectivity index (χ2v) is 14.3. The monoisotopic (exact) mass is 605 g/mol. The van der Waals surface area contributed by atoms with Crippen molar-refractivity contribution in [2.45, 2.75) is 95.7 Å². The fourth-order valence-corrected chi connectivity index (χ4v) is 8.08. The average Bonchev–Trinajstić information content (AvgIpc) is 3.76. The predicted octanol–water partition coefficient (Wildman–Crippen LogP) is 4.56. The number of hydrogen-bond donors (Lipinski definition) is 1. The summed E-state index contributed by atoms with van der Waals surface area (Å²) in [5.41, 5.74) is 0.532. The number of likely N-dealkylation sites (tertiary alicyclic amines) is 1. The Morgan fingerprint density at radius 3 is 2.52 bits per heavy atom. The summed E-state index contributed by atoms with van der Waals surface area (Å²) in [6.45, 7) is 9.07. The van der Waals surface area contributed by atoms with Crippen LogP contribution in [0.15, 0.2) is 24.5 Å². The molecule has 1 aromatic heterocycles. The number of rotatable bonds is 8. The maximum absolute atomic E-state index is 14.3. The number of halogens is 1. The average molecular weight is 606 g/mol. The minimum absolute atomic E-state index is 0.000462. The van der Waals surface area contributed by atoms with Gasteiger partial charge in [0, 0.05) is 49.1 Å². The van der Waals surface area contributed by atoms with E-state index in [1.165, 1.54) is 37.4 Å². The van der Waals surface area contributed by atoms with E-state index >= 15 is 0 Å². The number of carbonyl (C=O) groups excluding carboxylic acids is 2. The number of piperidine rings is 1. The summed E-state index contributed by atoms with van der Waals surface area (Å²) in [6, 6.07) is 4.24. The molecule has 2 aliphatic carbocycles. The molecule has 5 fully saturated rings. The Balaban J connectivity index is 0.958. The molecule has 2 amide bonds. The smallest absolute Gasteiger partial charge is 0.282 e. The fourth-order valence-electron chi connectivity index (χ4n) is 8.08. The molecule has 2 saturated carbocycles. The van der Waals surface area contributed by atoms with Crippen LogP contribution < -0.4 is 15.0 Å². The van der Waals surface area contributed by atoms with Crippen LogP contribution in [0.1, 0.15) is 88.4 Å². The third-order valence-corrected chi connectivity index (χ3v) is 10.8. The molecule has 0 atom stereocenters. The molecule has 236 valence electrons. The summed E-state index contributed by atoms with van der Waals surface area (Å²) in [6.07, 6.45) is 12.0. The van der Waals surface area contributed by atoms with Crippen LogP contribution in [0.5, 0.6) is 11.6 Å². The van der Waals surface area contributed by atoms with Gasteiger partial charge in [-0.25, -0.2) is 9.37 Å². The fraction of sp³-hybridized carbons (Fsp3) is 0.667. The lowest BCUT2D eigenvalue weighted by atomic mass is 9.71. The SMILES string of the molecule is CC(C)N(C(=O)c1cc(F)ccc1Oc1nncnc1N1CC2(CCN(CC3CCC4(CCC(=O)N4)CC3)CC2)C1)C1CC1. The van der Waals surface area contributed by atoms with Crippen LogP contribution in [0.25, 0.3) is 0 Å². The first kappa shape index (κ1) is 29.4. The largest absolute Gasteiger partial charge is 0.434 e. The zero-order chi connectivity index (χ0) is 30.5. The van der Waals surface area contributed by atoms with Gasteiger partial charge in [-0.2, -0.15) is 0 Å². The summed E-state index contributed by atoms with van der Waals surface area (Å²) in [5.74, 6) is 1.33. The molecule has 7 rings (SSSR count). The maximum Gasteiger partial charge on any atom is 0.282 e. The number of hydrogen-bond acceptors (Lipinski definition) is 8. The number of amides is 2. The highest BCUT2D eigenvalue weighted by Gasteiger charge is 2.47. The van der Waals surface area contributed by atoms with Gasteiger partial charge in [0.25, 0.3) is 11.8 Å². The third kappa shape index (κ3) is 5.87. The highest BCUT2D eigenvalue weighted by molar-refractivity contribution is 5.97. The van der Waals surface area contributed by atoms with Crippen molar-refractivity contribution >= 4 is 17.6 Å². The zero-order valence-electron chi connectivity index (χ0n) is 25.9. The topological polar surface area (TPSA) is 104 Å². The van der Waals surface area contributed by atoms with E-state index in [1.54, 1.807) is 0 Å². The first-order valence-corrected chi connectivity index (χ1v) is 16.5. The molecular formula is C33H44FN7O3. The molecule has 0 unspecified atom stereocenters. The van der Waals surface area contributed by atoms with Crippen molar-refractivity contribution in [2.24, 2.45) is 11.3 Å². The van der Waals surface area contributed by atoms with E-state index in [4.69, 9.17) is 4.74 Å². The lowest BCUT2D eigenvalue weighted by Crippen LogP contribution is -2.61. The molecule has 1 N–H and O–H groups in total. The van der Waals surface area contributed by atoms with Gasteiger partial charge in [0.05, 0.1) is 5.56 Å². The lowest BCUT2D eigenvalue weighted by Gasteiger charge is -2.54. The molecule has 0 radical (unpaired) electrons. The van der Waals surface area contributed by atoms with Crippen molar-refractivity contribution in [3.63, 3.8) is 0 Å². The molecule has 3 aliphatic heterocycles. The Morgan fingerprint density at radius 1 is 1.11 bits per heavy atom.